The summed E-state index contributed by atoms with van der Waals surface area (Å²) in [4.78, 5) is 13.5. The maximum atomic E-state index is 11.4. The van der Waals surface area contributed by atoms with E-state index in [0.29, 0.717) is 26.1 Å². The molecule has 0 saturated carbocycles. The van der Waals surface area contributed by atoms with Gasteiger partial charge in [-0.1, -0.05) is 37.3 Å². The van der Waals surface area contributed by atoms with Crippen molar-refractivity contribution >= 4 is 5.97 Å². The van der Waals surface area contributed by atoms with Crippen LogP contribution in [0.15, 0.2) is 53.1 Å². The molecule has 1 atom stereocenters. The number of esters is 1. The van der Waals surface area contributed by atoms with E-state index in [9.17, 15) is 9.90 Å². The van der Waals surface area contributed by atoms with Gasteiger partial charge in [-0.25, -0.2) is 0 Å². The van der Waals surface area contributed by atoms with Gasteiger partial charge >= 0.3 is 5.97 Å². The van der Waals surface area contributed by atoms with Gasteiger partial charge in [0.1, 0.15) is 18.5 Å². The Hall–Kier alpha value is -2.11. The van der Waals surface area contributed by atoms with Crippen LogP contribution in [0.25, 0.3) is 0 Å². The van der Waals surface area contributed by atoms with Crippen molar-refractivity contribution in [2.45, 2.75) is 39.0 Å². The summed E-state index contributed by atoms with van der Waals surface area (Å²) in [6, 6.07) is 13.8. The third-order valence-electron chi connectivity index (χ3n) is 3.57. The van der Waals surface area contributed by atoms with Gasteiger partial charge in [0, 0.05) is 19.5 Å². The molecule has 24 heavy (non-hydrogen) atoms. The molecular weight excluding hydrogens is 306 g/mol. The van der Waals surface area contributed by atoms with E-state index >= 15 is 0 Å². The number of carbonyl (C=O) groups excluding carboxylic acids is 1. The van der Waals surface area contributed by atoms with E-state index in [4.69, 9.17) is 9.15 Å². The molecule has 130 valence electrons. The van der Waals surface area contributed by atoms with Crippen molar-refractivity contribution in [3.63, 3.8) is 0 Å². The molecule has 0 spiro atoms. The van der Waals surface area contributed by atoms with Crippen molar-refractivity contribution in [1.29, 1.82) is 0 Å². The molecule has 5 nitrogen and oxygen atoms in total. The summed E-state index contributed by atoms with van der Waals surface area (Å²) in [6.45, 7) is 3.60. The van der Waals surface area contributed by atoms with Crippen LogP contribution in [0, 0.1) is 0 Å². The number of ether oxygens (including phenoxy) is 1. The first-order valence-corrected chi connectivity index (χ1v) is 8.29. The van der Waals surface area contributed by atoms with Crippen molar-refractivity contribution in [3.05, 3.63) is 60.1 Å². The highest BCUT2D eigenvalue weighted by Crippen LogP contribution is 2.11. The minimum atomic E-state index is -0.732. The second kappa shape index (κ2) is 9.90. The SMILES string of the molecule is CCCC(=O)OCC(O)CN(Cc1ccccc1)Cc1ccco1. The second-order valence-electron chi connectivity index (χ2n) is 5.82. The van der Waals surface area contributed by atoms with Crippen molar-refractivity contribution in [1.82, 2.24) is 4.90 Å². The van der Waals surface area contributed by atoms with Crippen molar-refractivity contribution < 1.29 is 19.1 Å². The maximum Gasteiger partial charge on any atom is 0.305 e. The molecule has 5 heteroatoms. The Balaban J connectivity index is 1.90. The van der Waals surface area contributed by atoms with Crippen LogP contribution in [0.1, 0.15) is 31.1 Å². The molecule has 0 aliphatic carbocycles. The minimum Gasteiger partial charge on any atom is -0.468 e. The van der Waals surface area contributed by atoms with Crippen LogP contribution in [0.2, 0.25) is 0 Å². The first-order valence-electron chi connectivity index (χ1n) is 8.29. The molecule has 2 rings (SSSR count). The maximum absolute atomic E-state index is 11.4. The summed E-state index contributed by atoms with van der Waals surface area (Å²) >= 11 is 0. The number of hydrogen-bond acceptors (Lipinski definition) is 5. The Morgan fingerprint density at radius 3 is 2.67 bits per heavy atom. The van der Waals surface area contributed by atoms with Crippen LogP contribution >= 0.6 is 0 Å². The molecular formula is C19H25NO4. The van der Waals surface area contributed by atoms with Crippen molar-refractivity contribution in [3.8, 4) is 0 Å². The molecule has 1 aromatic heterocycles. The zero-order chi connectivity index (χ0) is 17.2. The molecule has 0 saturated heterocycles. The van der Waals surface area contributed by atoms with E-state index in [1.165, 1.54) is 0 Å². The Labute approximate surface area is 142 Å². The Kier molecular flexibility index (Phi) is 7.52. The zero-order valence-electron chi connectivity index (χ0n) is 14.1. The molecule has 0 aliphatic rings. The van der Waals surface area contributed by atoms with E-state index in [0.717, 1.165) is 17.7 Å². The zero-order valence-corrected chi connectivity index (χ0v) is 14.1. The number of aliphatic hydroxyl groups is 1. The first kappa shape index (κ1) is 18.2. The predicted octanol–water partition coefficient (Wildman–Crippen LogP) is 2.99. The average Bonchev–Trinajstić information content (AvgIpc) is 3.07. The van der Waals surface area contributed by atoms with Gasteiger partial charge < -0.3 is 14.3 Å². The van der Waals surface area contributed by atoms with Crippen LogP contribution in [-0.2, 0) is 22.6 Å². The lowest BCUT2D eigenvalue weighted by Gasteiger charge is -2.24. The van der Waals surface area contributed by atoms with Gasteiger partial charge in [0.2, 0.25) is 0 Å². The Morgan fingerprint density at radius 1 is 1.21 bits per heavy atom. The highest BCUT2D eigenvalue weighted by molar-refractivity contribution is 5.69. The normalized spacial score (nSPS) is 12.3. The largest absolute Gasteiger partial charge is 0.468 e. The minimum absolute atomic E-state index is 0.0161. The number of nitrogens with zero attached hydrogens (tertiary/aromatic N) is 1. The van der Waals surface area contributed by atoms with Crippen LogP contribution in [0.5, 0.6) is 0 Å². The van der Waals surface area contributed by atoms with Gasteiger partial charge in [-0.05, 0) is 24.1 Å². The standard InChI is InChI=1S/C19H25NO4/c1-2-7-19(22)24-15-17(21)13-20(14-18-10-6-11-23-18)12-16-8-4-3-5-9-16/h3-6,8-11,17,21H,2,7,12-15H2,1H3. The summed E-state index contributed by atoms with van der Waals surface area (Å²) in [5.41, 5.74) is 1.15. The second-order valence-corrected chi connectivity index (χ2v) is 5.82. The summed E-state index contributed by atoms with van der Waals surface area (Å²) in [6.07, 6.45) is 2.03. The van der Waals surface area contributed by atoms with E-state index in [1.54, 1.807) is 6.26 Å². The summed E-state index contributed by atoms with van der Waals surface area (Å²) in [7, 11) is 0. The highest BCUT2D eigenvalue weighted by Gasteiger charge is 2.15. The van der Waals surface area contributed by atoms with E-state index in [2.05, 4.69) is 4.90 Å². The van der Waals surface area contributed by atoms with E-state index in [1.807, 2.05) is 49.4 Å². The van der Waals surface area contributed by atoms with Gasteiger partial charge in [0.05, 0.1) is 12.8 Å². The van der Waals surface area contributed by atoms with Gasteiger partial charge in [0.25, 0.3) is 0 Å². The summed E-state index contributed by atoms with van der Waals surface area (Å²) < 4.78 is 10.5. The average molecular weight is 331 g/mol. The monoisotopic (exact) mass is 331 g/mol. The number of carbonyl (C=O) groups is 1. The molecule has 0 fully saturated rings. The molecule has 1 aromatic carbocycles. The highest BCUT2D eigenvalue weighted by atomic mass is 16.5. The molecule has 0 bridgehead atoms. The Morgan fingerprint density at radius 2 is 2.00 bits per heavy atom. The Bertz CT molecular complexity index is 583. The fraction of sp³-hybridized carbons (Fsp3) is 0.421. The quantitative estimate of drug-likeness (QED) is 0.678. The van der Waals surface area contributed by atoms with Gasteiger partial charge in [-0.2, -0.15) is 0 Å². The smallest absolute Gasteiger partial charge is 0.305 e. The lowest BCUT2D eigenvalue weighted by Crippen LogP contribution is -2.34. The fourth-order valence-electron chi connectivity index (χ4n) is 2.47. The van der Waals surface area contributed by atoms with Crippen LogP contribution in [0.3, 0.4) is 0 Å². The van der Waals surface area contributed by atoms with Crippen LogP contribution in [-0.4, -0.2) is 35.2 Å². The summed E-state index contributed by atoms with van der Waals surface area (Å²) in [5, 5.41) is 10.2. The molecule has 1 N–H and O–H groups in total. The third kappa shape index (κ3) is 6.56. The number of benzene rings is 1. The van der Waals surface area contributed by atoms with Crippen molar-refractivity contribution in [2.24, 2.45) is 0 Å². The number of furan rings is 1. The van der Waals surface area contributed by atoms with Gasteiger partial charge in [-0.3, -0.25) is 9.69 Å². The van der Waals surface area contributed by atoms with E-state index in [-0.39, 0.29) is 12.6 Å². The number of rotatable bonds is 10. The molecule has 2 aromatic rings. The fourth-order valence-corrected chi connectivity index (χ4v) is 2.47. The molecule has 1 heterocycles. The lowest BCUT2D eigenvalue weighted by molar-refractivity contribution is -0.147. The molecule has 0 amide bonds. The predicted molar refractivity (Wildman–Crippen MR) is 91.1 cm³/mol. The number of hydrogen-bond donors (Lipinski definition) is 1. The summed E-state index contributed by atoms with van der Waals surface area (Å²) in [5.74, 6) is 0.568. The number of aliphatic hydroxyl groups excluding tert-OH is 1. The van der Waals surface area contributed by atoms with Gasteiger partial charge in [-0.15, -0.1) is 0 Å². The van der Waals surface area contributed by atoms with Gasteiger partial charge in [0.15, 0.2) is 0 Å². The topological polar surface area (TPSA) is 62.9 Å². The molecule has 1 unspecified atom stereocenters. The lowest BCUT2D eigenvalue weighted by atomic mass is 10.2. The van der Waals surface area contributed by atoms with Crippen molar-refractivity contribution in [2.75, 3.05) is 13.2 Å². The van der Waals surface area contributed by atoms with Crippen LogP contribution < -0.4 is 0 Å². The first-order chi connectivity index (χ1) is 11.7. The third-order valence-corrected chi connectivity index (χ3v) is 3.57. The van der Waals surface area contributed by atoms with E-state index < -0.39 is 6.10 Å². The molecule has 0 aliphatic heterocycles. The molecule has 0 radical (unpaired) electrons. The van der Waals surface area contributed by atoms with Crippen LogP contribution in [0.4, 0.5) is 0 Å².